The van der Waals surface area contributed by atoms with Crippen molar-refractivity contribution in [2.45, 2.75) is 0 Å². The minimum absolute atomic E-state index is 0.0583. The summed E-state index contributed by atoms with van der Waals surface area (Å²) in [6.07, 6.45) is 0. The van der Waals surface area contributed by atoms with E-state index in [2.05, 4.69) is 5.32 Å². The zero-order valence-corrected chi connectivity index (χ0v) is 11.5. The monoisotopic (exact) mass is 311 g/mol. The van der Waals surface area contributed by atoms with Crippen LogP contribution in [0.25, 0.3) is 0 Å². The van der Waals surface area contributed by atoms with Crippen molar-refractivity contribution in [2.75, 3.05) is 5.32 Å². The molecule has 2 aromatic rings. The summed E-state index contributed by atoms with van der Waals surface area (Å²) in [5.74, 6) is -0.902. The van der Waals surface area contributed by atoms with Crippen LogP contribution in [0.2, 0.25) is 5.02 Å². The first-order chi connectivity index (χ1) is 9.49. The van der Waals surface area contributed by atoms with Crippen LogP contribution in [0.4, 0.5) is 10.1 Å². The summed E-state index contributed by atoms with van der Waals surface area (Å²) in [6, 6.07) is 9.56. The van der Waals surface area contributed by atoms with E-state index in [0.717, 1.165) is 0 Å². The summed E-state index contributed by atoms with van der Waals surface area (Å²) in [4.78, 5) is 23.1. The molecule has 0 aromatic heterocycles. The quantitative estimate of drug-likeness (QED) is 0.867. The fourth-order valence-electron chi connectivity index (χ4n) is 1.58. The topological polar surface area (TPSA) is 46.2 Å². The first-order valence-corrected chi connectivity index (χ1v) is 6.30. The number of benzene rings is 2. The van der Waals surface area contributed by atoms with Gasteiger partial charge in [0.15, 0.2) is 0 Å². The van der Waals surface area contributed by atoms with E-state index >= 15 is 0 Å². The number of carbonyl (C=O) groups is 2. The van der Waals surface area contributed by atoms with Gasteiger partial charge in [0.05, 0.1) is 16.3 Å². The Balaban J connectivity index is 2.26. The molecule has 0 saturated carbocycles. The first kappa shape index (κ1) is 14.5. The fraction of sp³-hybridized carbons (Fsp3) is 0. The summed E-state index contributed by atoms with van der Waals surface area (Å²) in [6.45, 7) is 0. The van der Waals surface area contributed by atoms with Crippen molar-refractivity contribution in [1.29, 1.82) is 0 Å². The Bertz CT molecular complexity index is 671. The van der Waals surface area contributed by atoms with Crippen LogP contribution >= 0.6 is 23.2 Å². The summed E-state index contributed by atoms with van der Waals surface area (Å²) >= 11 is 11.4. The average Bonchev–Trinajstić information content (AvgIpc) is 2.41. The molecule has 0 fully saturated rings. The Morgan fingerprint density at radius 1 is 1.05 bits per heavy atom. The highest BCUT2D eigenvalue weighted by Gasteiger charge is 2.14. The lowest BCUT2D eigenvalue weighted by Crippen LogP contribution is -2.12. The predicted molar refractivity (Wildman–Crippen MR) is 76.0 cm³/mol. The van der Waals surface area contributed by atoms with Crippen molar-refractivity contribution in [3.8, 4) is 0 Å². The second kappa shape index (κ2) is 6.03. The number of rotatable bonds is 3. The molecule has 2 rings (SSSR count). The Kier molecular flexibility index (Phi) is 4.37. The molecular weight excluding hydrogens is 304 g/mol. The highest BCUT2D eigenvalue weighted by molar-refractivity contribution is 6.69. The van der Waals surface area contributed by atoms with Crippen molar-refractivity contribution in [1.82, 2.24) is 0 Å². The molecule has 3 nitrogen and oxygen atoms in total. The van der Waals surface area contributed by atoms with Gasteiger partial charge in [0.2, 0.25) is 0 Å². The van der Waals surface area contributed by atoms with Gasteiger partial charge in [-0.1, -0.05) is 17.7 Å². The summed E-state index contributed by atoms with van der Waals surface area (Å²) in [7, 11) is 0. The van der Waals surface area contributed by atoms with Crippen molar-refractivity contribution < 1.29 is 14.0 Å². The van der Waals surface area contributed by atoms with Gasteiger partial charge < -0.3 is 5.32 Å². The Morgan fingerprint density at radius 3 is 2.30 bits per heavy atom. The van der Waals surface area contributed by atoms with Crippen LogP contribution in [0.15, 0.2) is 42.5 Å². The number of hydrogen-bond acceptors (Lipinski definition) is 2. The predicted octanol–water partition coefficient (Wildman–Crippen LogP) is 4.11. The molecule has 0 aliphatic carbocycles. The van der Waals surface area contributed by atoms with E-state index in [-0.39, 0.29) is 21.8 Å². The number of anilines is 1. The van der Waals surface area contributed by atoms with E-state index in [1.807, 2.05) is 0 Å². The lowest BCUT2D eigenvalue weighted by molar-refractivity contribution is 0.102. The Labute approximate surface area is 124 Å². The molecular formula is C14H8Cl2FNO2. The molecule has 1 amide bonds. The van der Waals surface area contributed by atoms with Crippen LogP contribution < -0.4 is 5.32 Å². The van der Waals surface area contributed by atoms with Crippen molar-refractivity contribution in [3.05, 3.63) is 64.4 Å². The van der Waals surface area contributed by atoms with Crippen LogP contribution in [0.3, 0.4) is 0 Å². The summed E-state index contributed by atoms with van der Waals surface area (Å²) < 4.78 is 12.8. The molecule has 0 saturated heterocycles. The van der Waals surface area contributed by atoms with Gasteiger partial charge in [-0.3, -0.25) is 9.59 Å². The summed E-state index contributed by atoms with van der Waals surface area (Å²) in [5, 5.41) is 1.88. The number of carbonyl (C=O) groups excluding carboxylic acids is 2. The van der Waals surface area contributed by atoms with Gasteiger partial charge in [0.25, 0.3) is 11.1 Å². The third kappa shape index (κ3) is 3.15. The van der Waals surface area contributed by atoms with Crippen molar-refractivity contribution >= 4 is 40.0 Å². The lowest BCUT2D eigenvalue weighted by Gasteiger charge is -2.09. The molecule has 0 aliphatic rings. The van der Waals surface area contributed by atoms with Gasteiger partial charge in [0, 0.05) is 5.56 Å². The molecule has 20 heavy (non-hydrogen) atoms. The van der Waals surface area contributed by atoms with Crippen LogP contribution in [-0.2, 0) is 0 Å². The number of nitrogens with one attached hydrogen (secondary N) is 1. The van der Waals surface area contributed by atoms with Crippen molar-refractivity contribution in [2.24, 2.45) is 0 Å². The van der Waals surface area contributed by atoms with E-state index in [0.29, 0.717) is 0 Å². The molecule has 0 unspecified atom stereocenters. The number of amides is 1. The third-order valence-electron chi connectivity index (χ3n) is 2.57. The van der Waals surface area contributed by atoms with Gasteiger partial charge in [-0.25, -0.2) is 4.39 Å². The second-order valence-corrected chi connectivity index (χ2v) is 4.62. The summed E-state index contributed by atoms with van der Waals surface area (Å²) in [5.41, 5.74) is 0.628. The molecule has 2 aromatic carbocycles. The normalized spacial score (nSPS) is 10.2. The zero-order valence-electron chi connectivity index (χ0n) is 9.99. The highest BCUT2D eigenvalue weighted by atomic mass is 35.5. The average molecular weight is 312 g/mol. The molecule has 0 bridgehead atoms. The molecule has 0 radical (unpaired) electrons. The molecule has 0 spiro atoms. The van der Waals surface area contributed by atoms with Crippen LogP contribution in [0.1, 0.15) is 20.7 Å². The van der Waals surface area contributed by atoms with Crippen LogP contribution in [0.5, 0.6) is 0 Å². The SMILES string of the molecule is O=C(Nc1cccc(C(=O)Cl)c1Cl)c1ccc(F)cc1. The van der Waals surface area contributed by atoms with Crippen LogP contribution in [-0.4, -0.2) is 11.1 Å². The van der Waals surface area contributed by atoms with E-state index in [9.17, 15) is 14.0 Å². The molecule has 6 heteroatoms. The second-order valence-electron chi connectivity index (χ2n) is 3.90. The van der Waals surface area contributed by atoms with Gasteiger partial charge in [-0.2, -0.15) is 0 Å². The molecule has 0 aliphatic heterocycles. The smallest absolute Gasteiger partial charge is 0.255 e. The molecule has 0 heterocycles. The highest BCUT2D eigenvalue weighted by Crippen LogP contribution is 2.27. The lowest BCUT2D eigenvalue weighted by atomic mass is 10.2. The molecule has 0 atom stereocenters. The maximum absolute atomic E-state index is 12.8. The van der Waals surface area contributed by atoms with Gasteiger partial charge in [-0.15, -0.1) is 0 Å². The van der Waals surface area contributed by atoms with Gasteiger partial charge in [-0.05, 0) is 48.0 Å². The van der Waals surface area contributed by atoms with E-state index in [4.69, 9.17) is 23.2 Å². The minimum Gasteiger partial charge on any atom is -0.321 e. The standard InChI is InChI=1S/C14H8Cl2FNO2/c15-12-10(13(16)19)2-1-3-11(12)18-14(20)8-4-6-9(17)7-5-8/h1-7H,(H,18,20). The fourth-order valence-corrected chi connectivity index (χ4v) is 2.04. The number of halogens is 3. The minimum atomic E-state index is -0.715. The maximum Gasteiger partial charge on any atom is 0.255 e. The number of hydrogen-bond donors (Lipinski definition) is 1. The van der Waals surface area contributed by atoms with Crippen molar-refractivity contribution in [3.63, 3.8) is 0 Å². The van der Waals surface area contributed by atoms with Crippen LogP contribution in [0, 0.1) is 5.82 Å². The Hall–Kier alpha value is -1.91. The molecule has 1 N–H and O–H groups in total. The zero-order chi connectivity index (χ0) is 14.7. The Morgan fingerprint density at radius 2 is 1.70 bits per heavy atom. The van der Waals surface area contributed by atoms with E-state index < -0.39 is 17.0 Å². The first-order valence-electron chi connectivity index (χ1n) is 5.54. The largest absolute Gasteiger partial charge is 0.321 e. The van der Waals surface area contributed by atoms with Gasteiger partial charge in [0.1, 0.15) is 5.82 Å². The van der Waals surface area contributed by atoms with E-state index in [1.165, 1.54) is 36.4 Å². The third-order valence-corrected chi connectivity index (χ3v) is 3.18. The molecule has 102 valence electrons. The maximum atomic E-state index is 12.8. The van der Waals surface area contributed by atoms with E-state index in [1.54, 1.807) is 6.07 Å². The van der Waals surface area contributed by atoms with Gasteiger partial charge >= 0.3 is 0 Å².